The van der Waals surface area contributed by atoms with Gasteiger partial charge in [-0.25, -0.2) is 4.98 Å². The number of fused-ring (bicyclic) bond motifs is 1. The summed E-state index contributed by atoms with van der Waals surface area (Å²) in [5.74, 6) is 4.80. The van der Waals surface area contributed by atoms with E-state index in [1.807, 2.05) is 50.2 Å². The number of aryl methyl sites for hydroxylation is 1. The van der Waals surface area contributed by atoms with E-state index in [0.29, 0.717) is 53.3 Å². The molecule has 0 fully saturated rings. The fourth-order valence-electron chi connectivity index (χ4n) is 4.49. The number of unbranched alkanes of at least 4 members (excludes halogenated alkanes) is 1. The number of H-pyrrole nitrogens is 1. The zero-order valence-corrected chi connectivity index (χ0v) is 24.4. The van der Waals surface area contributed by atoms with Crippen molar-refractivity contribution in [1.29, 1.82) is 0 Å². The third kappa shape index (κ3) is 6.50. The lowest BCUT2D eigenvalue weighted by Gasteiger charge is -2.26. The molecule has 40 heavy (non-hydrogen) atoms. The quantitative estimate of drug-likeness (QED) is 0.211. The fourth-order valence-corrected chi connectivity index (χ4v) is 4.49. The standard InChI is InChI=1S/C30H39N5O5/c1-8-9-10-26-31-27-28(32-26)30(40-19(2)3)34-33-29(27)35(17-20-11-13-22(36-4)15-24(20)38-6)18-21-12-14-23(37-5)16-25(21)39-7/h11-16,19H,8-10,17-18H2,1-7H3,(H,31,32). The Morgan fingerprint density at radius 2 is 1.43 bits per heavy atom. The normalized spacial score (nSPS) is 11.1. The highest BCUT2D eigenvalue weighted by Gasteiger charge is 2.23. The summed E-state index contributed by atoms with van der Waals surface area (Å²) in [6.07, 6.45) is 2.85. The lowest BCUT2D eigenvalue weighted by Crippen LogP contribution is -2.25. The summed E-state index contributed by atoms with van der Waals surface area (Å²) in [6.45, 7) is 7.03. The number of nitrogens with one attached hydrogen (secondary N) is 1. The van der Waals surface area contributed by atoms with Crippen molar-refractivity contribution in [3.63, 3.8) is 0 Å². The highest BCUT2D eigenvalue weighted by atomic mass is 16.5. The Bertz CT molecular complexity index is 1360. The first-order valence-electron chi connectivity index (χ1n) is 13.5. The first-order valence-corrected chi connectivity index (χ1v) is 13.5. The molecule has 0 unspecified atom stereocenters. The van der Waals surface area contributed by atoms with Crippen LogP contribution in [0.4, 0.5) is 5.82 Å². The Kier molecular flexibility index (Phi) is 9.52. The van der Waals surface area contributed by atoms with Crippen LogP contribution in [0.3, 0.4) is 0 Å². The Labute approximate surface area is 235 Å². The molecule has 0 radical (unpaired) electrons. The molecule has 0 spiro atoms. The van der Waals surface area contributed by atoms with Gasteiger partial charge >= 0.3 is 0 Å². The van der Waals surface area contributed by atoms with Crippen LogP contribution in [0.25, 0.3) is 11.0 Å². The predicted molar refractivity (Wildman–Crippen MR) is 155 cm³/mol. The van der Waals surface area contributed by atoms with Crippen LogP contribution in [-0.2, 0) is 19.5 Å². The lowest BCUT2D eigenvalue weighted by molar-refractivity contribution is 0.233. The zero-order valence-electron chi connectivity index (χ0n) is 24.4. The maximum Gasteiger partial charge on any atom is 0.260 e. The van der Waals surface area contributed by atoms with E-state index in [1.54, 1.807) is 28.4 Å². The average molecular weight is 550 g/mol. The summed E-state index contributed by atoms with van der Waals surface area (Å²) in [5.41, 5.74) is 3.35. The summed E-state index contributed by atoms with van der Waals surface area (Å²) < 4.78 is 28.3. The molecule has 0 amide bonds. The lowest BCUT2D eigenvalue weighted by atomic mass is 10.1. The van der Waals surface area contributed by atoms with Gasteiger partial charge in [-0.1, -0.05) is 13.3 Å². The van der Waals surface area contributed by atoms with Crippen LogP contribution in [0, 0.1) is 0 Å². The third-order valence-electron chi connectivity index (χ3n) is 6.54. The van der Waals surface area contributed by atoms with E-state index in [0.717, 1.165) is 41.7 Å². The van der Waals surface area contributed by atoms with E-state index in [-0.39, 0.29) is 6.10 Å². The molecule has 0 bridgehead atoms. The van der Waals surface area contributed by atoms with Crippen molar-refractivity contribution in [3.8, 4) is 28.9 Å². The SMILES string of the molecule is CCCCc1nc2c(N(Cc3ccc(OC)cc3OC)Cc3ccc(OC)cc3OC)nnc(OC(C)C)c2[nH]1. The number of imidazole rings is 1. The first-order chi connectivity index (χ1) is 19.4. The molecule has 2 aromatic carbocycles. The Morgan fingerprint density at radius 1 is 0.825 bits per heavy atom. The third-order valence-corrected chi connectivity index (χ3v) is 6.54. The largest absolute Gasteiger partial charge is 0.497 e. The van der Waals surface area contributed by atoms with Crippen LogP contribution in [-0.4, -0.2) is 54.7 Å². The molecule has 4 rings (SSSR count). The van der Waals surface area contributed by atoms with Crippen molar-refractivity contribution in [2.24, 2.45) is 0 Å². The van der Waals surface area contributed by atoms with Gasteiger partial charge in [-0.15, -0.1) is 10.2 Å². The van der Waals surface area contributed by atoms with Gasteiger partial charge in [-0.05, 0) is 44.5 Å². The minimum Gasteiger partial charge on any atom is -0.497 e. The van der Waals surface area contributed by atoms with Crippen molar-refractivity contribution in [2.45, 2.75) is 59.2 Å². The number of hydrogen-bond donors (Lipinski definition) is 1. The molecular weight excluding hydrogens is 510 g/mol. The molecule has 0 saturated heterocycles. The molecule has 10 heteroatoms. The Hall–Kier alpha value is -4.21. The fraction of sp³-hybridized carbons (Fsp3) is 0.433. The van der Waals surface area contributed by atoms with Crippen LogP contribution in [0.1, 0.15) is 50.6 Å². The van der Waals surface area contributed by atoms with Gasteiger partial charge in [0.15, 0.2) is 5.82 Å². The smallest absolute Gasteiger partial charge is 0.260 e. The van der Waals surface area contributed by atoms with Gasteiger partial charge in [0.1, 0.15) is 39.9 Å². The number of methoxy groups -OCH3 is 4. The Morgan fingerprint density at radius 3 is 1.93 bits per heavy atom. The van der Waals surface area contributed by atoms with E-state index in [9.17, 15) is 0 Å². The summed E-state index contributed by atoms with van der Waals surface area (Å²) in [4.78, 5) is 10.6. The molecule has 214 valence electrons. The molecule has 0 saturated carbocycles. The summed E-state index contributed by atoms with van der Waals surface area (Å²) in [7, 11) is 6.58. The van der Waals surface area contributed by atoms with Crippen LogP contribution in [0.2, 0.25) is 0 Å². The van der Waals surface area contributed by atoms with Gasteiger partial charge < -0.3 is 33.6 Å². The maximum atomic E-state index is 6.01. The van der Waals surface area contributed by atoms with Crippen molar-refractivity contribution >= 4 is 16.9 Å². The van der Waals surface area contributed by atoms with Crippen molar-refractivity contribution in [3.05, 3.63) is 53.3 Å². The zero-order chi connectivity index (χ0) is 28.6. The van der Waals surface area contributed by atoms with E-state index in [4.69, 9.17) is 28.7 Å². The number of aromatic amines is 1. The van der Waals surface area contributed by atoms with Gasteiger partial charge in [0.25, 0.3) is 5.88 Å². The predicted octanol–water partition coefficient (Wildman–Crippen LogP) is 5.72. The monoisotopic (exact) mass is 549 g/mol. The minimum atomic E-state index is -0.0611. The number of benzene rings is 2. The summed E-state index contributed by atoms with van der Waals surface area (Å²) in [6, 6.07) is 11.6. The molecule has 0 aliphatic rings. The van der Waals surface area contributed by atoms with Gasteiger partial charge in [-0.3, -0.25) is 0 Å². The van der Waals surface area contributed by atoms with Gasteiger partial charge in [-0.2, -0.15) is 0 Å². The number of nitrogens with zero attached hydrogens (tertiary/aromatic N) is 4. The van der Waals surface area contributed by atoms with E-state index in [2.05, 4.69) is 27.0 Å². The summed E-state index contributed by atoms with van der Waals surface area (Å²) in [5, 5.41) is 9.16. The number of aromatic nitrogens is 4. The van der Waals surface area contributed by atoms with Crippen LogP contribution >= 0.6 is 0 Å². The van der Waals surface area contributed by atoms with Crippen LogP contribution < -0.4 is 28.6 Å². The number of ether oxygens (including phenoxy) is 5. The average Bonchev–Trinajstić information content (AvgIpc) is 3.40. The number of hydrogen-bond acceptors (Lipinski definition) is 9. The second-order valence-electron chi connectivity index (χ2n) is 9.72. The molecule has 0 atom stereocenters. The molecule has 4 aromatic rings. The molecular formula is C30H39N5O5. The highest BCUT2D eigenvalue weighted by molar-refractivity contribution is 5.89. The van der Waals surface area contributed by atoms with Gasteiger partial charge in [0.2, 0.25) is 0 Å². The molecule has 0 aliphatic heterocycles. The van der Waals surface area contributed by atoms with E-state index < -0.39 is 0 Å². The molecule has 2 aromatic heterocycles. The van der Waals surface area contributed by atoms with E-state index >= 15 is 0 Å². The second kappa shape index (κ2) is 13.2. The maximum absolute atomic E-state index is 6.01. The molecule has 10 nitrogen and oxygen atoms in total. The topological polar surface area (TPSA) is 104 Å². The molecule has 2 heterocycles. The Balaban J connectivity index is 1.85. The van der Waals surface area contributed by atoms with Crippen molar-refractivity contribution in [1.82, 2.24) is 20.2 Å². The second-order valence-corrected chi connectivity index (χ2v) is 9.72. The van der Waals surface area contributed by atoms with Crippen molar-refractivity contribution < 1.29 is 23.7 Å². The highest BCUT2D eigenvalue weighted by Crippen LogP contribution is 2.35. The van der Waals surface area contributed by atoms with Crippen LogP contribution in [0.5, 0.6) is 28.9 Å². The molecule has 1 N–H and O–H groups in total. The van der Waals surface area contributed by atoms with E-state index in [1.165, 1.54) is 0 Å². The van der Waals surface area contributed by atoms with Crippen molar-refractivity contribution in [2.75, 3.05) is 33.3 Å². The number of rotatable bonds is 14. The number of anilines is 1. The first kappa shape index (κ1) is 28.8. The van der Waals surface area contributed by atoms with Gasteiger partial charge in [0.05, 0.1) is 34.5 Å². The van der Waals surface area contributed by atoms with Gasteiger partial charge in [0, 0.05) is 42.8 Å². The minimum absolute atomic E-state index is 0.0611. The van der Waals surface area contributed by atoms with Crippen LogP contribution in [0.15, 0.2) is 36.4 Å². The molecule has 0 aliphatic carbocycles. The summed E-state index contributed by atoms with van der Waals surface area (Å²) >= 11 is 0.